The van der Waals surface area contributed by atoms with E-state index in [1.54, 1.807) is 13.0 Å². The van der Waals surface area contributed by atoms with E-state index < -0.39 is 6.04 Å². The minimum atomic E-state index is -0.665. The standard InChI is InChI=1S/C23H21N3O2S2/c1-15(21(27)24-12-11-17-14-25-19-10-6-5-9-18(17)19)26-22(28)20(30-23(26)29)13-16-7-3-2-4-8-16/h2-10,13-15,25H,11-12H2,1H3,(H,24,27)/b20-13-/t15-/m0/s1. The molecule has 1 atom stereocenters. The maximum atomic E-state index is 12.8. The van der Waals surface area contributed by atoms with Crippen LogP contribution >= 0.6 is 24.0 Å². The number of hydrogen-bond donors (Lipinski definition) is 2. The third-order valence-electron chi connectivity index (χ3n) is 5.06. The predicted octanol–water partition coefficient (Wildman–Crippen LogP) is 4.12. The van der Waals surface area contributed by atoms with Gasteiger partial charge in [-0.05, 0) is 36.6 Å². The zero-order valence-corrected chi connectivity index (χ0v) is 18.1. The summed E-state index contributed by atoms with van der Waals surface area (Å²) in [5, 5.41) is 4.09. The number of amides is 2. The van der Waals surface area contributed by atoms with Crippen molar-refractivity contribution in [2.24, 2.45) is 0 Å². The highest BCUT2D eigenvalue weighted by atomic mass is 32.2. The summed E-state index contributed by atoms with van der Waals surface area (Å²) in [6.45, 7) is 2.19. The molecule has 1 aromatic heterocycles. The number of aromatic nitrogens is 1. The van der Waals surface area contributed by atoms with E-state index >= 15 is 0 Å². The van der Waals surface area contributed by atoms with Crippen LogP contribution in [0.1, 0.15) is 18.1 Å². The average molecular weight is 436 g/mol. The van der Waals surface area contributed by atoms with Crippen molar-refractivity contribution in [3.63, 3.8) is 0 Å². The van der Waals surface area contributed by atoms with E-state index in [0.717, 1.165) is 22.0 Å². The molecule has 4 rings (SSSR count). The van der Waals surface area contributed by atoms with Crippen LogP contribution in [0.5, 0.6) is 0 Å². The van der Waals surface area contributed by atoms with Crippen LogP contribution < -0.4 is 5.32 Å². The molecule has 1 aliphatic rings. The summed E-state index contributed by atoms with van der Waals surface area (Å²) in [5.41, 5.74) is 3.15. The van der Waals surface area contributed by atoms with E-state index in [4.69, 9.17) is 12.2 Å². The first-order valence-corrected chi connectivity index (χ1v) is 10.9. The molecule has 2 aromatic carbocycles. The van der Waals surface area contributed by atoms with Crippen LogP contribution in [0.25, 0.3) is 17.0 Å². The lowest BCUT2D eigenvalue weighted by molar-refractivity contribution is -0.132. The van der Waals surface area contributed by atoms with Crippen LogP contribution in [-0.2, 0) is 16.0 Å². The van der Waals surface area contributed by atoms with Gasteiger partial charge in [0.1, 0.15) is 10.4 Å². The minimum absolute atomic E-state index is 0.216. The first-order valence-electron chi connectivity index (χ1n) is 9.69. The highest BCUT2D eigenvalue weighted by Gasteiger charge is 2.38. The number of rotatable bonds is 6. The van der Waals surface area contributed by atoms with Gasteiger partial charge in [-0.3, -0.25) is 14.5 Å². The molecular formula is C23H21N3O2S2. The van der Waals surface area contributed by atoms with E-state index in [0.29, 0.717) is 22.2 Å². The van der Waals surface area contributed by atoms with Crippen molar-refractivity contribution >= 4 is 57.1 Å². The first-order chi connectivity index (χ1) is 14.5. The SMILES string of the molecule is C[C@@H](C(=O)NCCc1c[nH]c2ccccc12)N1C(=O)/C(=C/c2ccccc2)SC1=S. The van der Waals surface area contributed by atoms with Crippen LogP contribution in [0.3, 0.4) is 0 Å². The van der Waals surface area contributed by atoms with Gasteiger partial charge in [-0.15, -0.1) is 0 Å². The van der Waals surface area contributed by atoms with Gasteiger partial charge in [-0.1, -0.05) is 72.5 Å². The second kappa shape index (κ2) is 8.85. The van der Waals surface area contributed by atoms with E-state index in [1.165, 1.54) is 16.7 Å². The zero-order valence-electron chi connectivity index (χ0n) is 16.4. The molecule has 2 N–H and O–H groups in total. The van der Waals surface area contributed by atoms with E-state index in [2.05, 4.69) is 16.4 Å². The van der Waals surface area contributed by atoms with Gasteiger partial charge in [0.25, 0.3) is 5.91 Å². The Hall–Kier alpha value is -2.90. The summed E-state index contributed by atoms with van der Waals surface area (Å²) >= 11 is 6.61. The zero-order chi connectivity index (χ0) is 21.1. The van der Waals surface area contributed by atoms with Crippen molar-refractivity contribution in [1.29, 1.82) is 0 Å². The van der Waals surface area contributed by atoms with Crippen LogP contribution in [0.15, 0.2) is 65.7 Å². The van der Waals surface area contributed by atoms with Gasteiger partial charge >= 0.3 is 0 Å². The van der Waals surface area contributed by atoms with Crippen molar-refractivity contribution in [1.82, 2.24) is 15.2 Å². The molecule has 0 bridgehead atoms. The lowest BCUT2D eigenvalue weighted by Crippen LogP contribution is -2.47. The number of para-hydroxylation sites is 1. The molecule has 0 saturated carbocycles. The highest BCUT2D eigenvalue weighted by Crippen LogP contribution is 2.33. The Balaban J connectivity index is 1.38. The van der Waals surface area contributed by atoms with Crippen LogP contribution in [0.4, 0.5) is 0 Å². The van der Waals surface area contributed by atoms with E-state index in [9.17, 15) is 9.59 Å². The Labute approximate surface area is 184 Å². The van der Waals surface area contributed by atoms with Gasteiger partial charge in [0.05, 0.1) is 4.91 Å². The fraction of sp³-hybridized carbons (Fsp3) is 0.174. The monoisotopic (exact) mass is 435 g/mol. The number of H-pyrrole nitrogens is 1. The number of thioether (sulfide) groups is 1. The summed E-state index contributed by atoms with van der Waals surface area (Å²) in [6, 6.07) is 17.0. The number of carbonyl (C=O) groups excluding carboxylic acids is 2. The van der Waals surface area contributed by atoms with E-state index in [1.807, 2.05) is 54.7 Å². The third kappa shape index (κ3) is 4.17. The van der Waals surface area contributed by atoms with Crippen molar-refractivity contribution in [2.45, 2.75) is 19.4 Å². The van der Waals surface area contributed by atoms with Crippen molar-refractivity contribution < 1.29 is 9.59 Å². The Morgan fingerprint density at radius 2 is 1.93 bits per heavy atom. The molecule has 2 heterocycles. The first kappa shape index (κ1) is 20.4. The molecule has 7 heteroatoms. The van der Waals surface area contributed by atoms with Crippen molar-refractivity contribution in [3.05, 3.63) is 76.8 Å². The van der Waals surface area contributed by atoms with E-state index in [-0.39, 0.29) is 11.8 Å². The molecule has 1 saturated heterocycles. The summed E-state index contributed by atoms with van der Waals surface area (Å²) in [7, 11) is 0. The molecule has 0 radical (unpaired) electrons. The second-order valence-corrected chi connectivity index (χ2v) is 8.71. The lowest BCUT2D eigenvalue weighted by Gasteiger charge is -2.22. The lowest BCUT2D eigenvalue weighted by atomic mass is 10.1. The van der Waals surface area contributed by atoms with Crippen LogP contribution in [-0.4, -0.2) is 38.6 Å². The van der Waals surface area contributed by atoms with Gasteiger partial charge < -0.3 is 10.3 Å². The third-order valence-corrected chi connectivity index (χ3v) is 6.39. The number of benzene rings is 2. The average Bonchev–Trinajstić information content (AvgIpc) is 3.29. The Kier molecular flexibility index (Phi) is 6.01. The molecule has 2 amide bonds. The summed E-state index contributed by atoms with van der Waals surface area (Å²) < 4.78 is 0.404. The largest absolute Gasteiger partial charge is 0.361 e. The van der Waals surface area contributed by atoms with Crippen LogP contribution in [0, 0.1) is 0 Å². The maximum absolute atomic E-state index is 12.8. The molecule has 1 aliphatic heterocycles. The van der Waals surface area contributed by atoms with Crippen LogP contribution in [0.2, 0.25) is 0 Å². The molecule has 0 aliphatic carbocycles. The molecule has 5 nitrogen and oxygen atoms in total. The summed E-state index contributed by atoms with van der Waals surface area (Å²) in [4.78, 5) is 30.7. The second-order valence-electron chi connectivity index (χ2n) is 7.04. The van der Waals surface area contributed by atoms with Gasteiger partial charge in [-0.25, -0.2) is 0 Å². The Morgan fingerprint density at radius 3 is 2.73 bits per heavy atom. The Morgan fingerprint density at radius 1 is 1.20 bits per heavy atom. The number of carbonyl (C=O) groups is 2. The number of nitrogens with one attached hydrogen (secondary N) is 2. The molecule has 0 unspecified atom stereocenters. The van der Waals surface area contributed by atoms with Crippen molar-refractivity contribution in [2.75, 3.05) is 6.54 Å². The quantitative estimate of drug-likeness (QED) is 0.452. The number of aromatic amines is 1. The number of thiocarbonyl (C=S) groups is 1. The predicted molar refractivity (Wildman–Crippen MR) is 126 cm³/mol. The molecule has 3 aromatic rings. The molecule has 1 fully saturated rings. The molecule has 30 heavy (non-hydrogen) atoms. The molecular weight excluding hydrogens is 414 g/mol. The van der Waals surface area contributed by atoms with Gasteiger partial charge in [-0.2, -0.15) is 0 Å². The normalized spacial score (nSPS) is 16.4. The fourth-order valence-corrected chi connectivity index (χ4v) is 4.86. The smallest absolute Gasteiger partial charge is 0.266 e. The number of hydrogen-bond acceptors (Lipinski definition) is 4. The van der Waals surface area contributed by atoms with Gasteiger partial charge in [0.2, 0.25) is 5.91 Å². The number of nitrogens with zero attached hydrogens (tertiary/aromatic N) is 1. The van der Waals surface area contributed by atoms with Gasteiger partial charge in [0, 0.05) is 23.6 Å². The maximum Gasteiger partial charge on any atom is 0.266 e. The topological polar surface area (TPSA) is 65.2 Å². The summed E-state index contributed by atoms with van der Waals surface area (Å²) in [5.74, 6) is -0.444. The number of fused-ring (bicyclic) bond motifs is 1. The molecule has 152 valence electrons. The highest BCUT2D eigenvalue weighted by molar-refractivity contribution is 8.26. The van der Waals surface area contributed by atoms with Crippen molar-refractivity contribution in [3.8, 4) is 0 Å². The molecule has 0 spiro atoms. The minimum Gasteiger partial charge on any atom is -0.361 e. The Bertz CT molecular complexity index is 1140. The van der Waals surface area contributed by atoms with Gasteiger partial charge in [0.15, 0.2) is 0 Å². The fourth-order valence-electron chi connectivity index (χ4n) is 3.44. The summed E-state index contributed by atoms with van der Waals surface area (Å²) in [6.07, 6.45) is 4.48.